The molecule has 1 amide bonds. The maximum absolute atomic E-state index is 13.1. The van der Waals surface area contributed by atoms with E-state index in [1.54, 1.807) is 11.3 Å². The number of benzene rings is 1. The first kappa shape index (κ1) is 19.1. The van der Waals surface area contributed by atoms with Crippen molar-refractivity contribution >= 4 is 28.6 Å². The molecule has 30 heavy (non-hydrogen) atoms. The van der Waals surface area contributed by atoms with Crippen molar-refractivity contribution in [3.8, 4) is 22.0 Å². The van der Waals surface area contributed by atoms with Crippen molar-refractivity contribution in [2.75, 3.05) is 13.1 Å². The highest BCUT2D eigenvalue weighted by atomic mass is 32.1. The molecule has 3 aromatic heterocycles. The van der Waals surface area contributed by atoms with E-state index in [-0.39, 0.29) is 11.8 Å². The van der Waals surface area contributed by atoms with Crippen molar-refractivity contribution < 1.29 is 9.32 Å². The van der Waals surface area contributed by atoms with Gasteiger partial charge in [0.2, 0.25) is 11.7 Å². The molecule has 4 aromatic rings. The Hall–Kier alpha value is -2.84. The molecule has 1 aromatic carbocycles. The Morgan fingerprint density at radius 2 is 1.90 bits per heavy atom. The summed E-state index contributed by atoms with van der Waals surface area (Å²) in [5.74, 6) is 1.53. The van der Waals surface area contributed by atoms with Crippen LogP contribution >= 0.6 is 22.7 Å². The lowest BCUT2D eigenvalue weighted by Gasteiger charge is -2.30. The van der Waals surface area contributed by atoms with Crippen molar-refractivity contribution in [1.82, 2.24) is 20.0 Å². The first-order valence-electron chi connectivity index (χ1n) is 9.87. The monoisotopic (exact) mass is 436 g/mol. The predicted octanol–water partition coefficient (Wildman–Crippen LogP) is 5.25. The summed E-state index contributed by atoms with van der Waals surface area (Å²) in [6.07, 6.45) is 1.63. The summed E-state index contributed by atoms with van der Waals surface area (Å²) in [5.41, 5.74) is 2.83. The van der Waals surface area contributed by atoms with Crippen molar-refractivity contribution in [3.63, 3.8) is 0 Å². The van der Waals surface area contributed by atoms with Gasteiger partial charge in [-0.1, -0.05) is 35.5 Å². The molecule has 0 atom stereocenters. The third kappa shape index (κ3) is 3.68. The van der Waals surface area contributed by atoms with Crippen molar-refractivity contribution in [2.24, 2.45) is 0 Å². The van der Waals surface area contributed by atoms with E-state index in [1.165, 1.54) is 11.3 Å². The van der Waals surface area contributed by atoms with E-state index in [0.717, 1.165) is 39.5 Å². The van der Waals surface area contributed by atoms with Crippen LogP contribution in [0.15, 0.2) is 51.7 Å². The molecule has 5 rings (SSSR count). The zero-order chi connectivity index (χ0) is 20.5. The molecule has 1 saturated heterocycles. The summed E-state index contributed by atoms with van der Waals surface area (Å²) >= 11 is 3.12. The van der Waals surface area contributed by atoms with Gasteiger partial charge in [0.25, 0.3) is 5.91 Å². The van der Waals surface area contributed by atoms with Crippen LogP contribution in [0.3, 0.4) is 0 Å². The number of aryl methyl sites for hydroxylation is 1. The number of hydrogen-bond donors (Lipinski definition) is 0. The molecule has 1 aliphatic rings. The molecule has 8 heteroatoms. The third-order valence-corrected chi connectivity index (χ3v) is 7.24. The summed E-state index contributed by atoms with van der Waals surface area (Å²) in [6, 6.07) is 11.9. The number of rotatable bonds is 4. The highest BCUT2D eigenvalue weighted by molar-refractivity contribution is 7.17. The summed E-state index contributed by atoms with van der Waals surface area (Å²) in [6.45, 7) is 3.27. The van der Waals surface area contributed by atoms with Crippen molar-refractivity contribution in [1.29, 1.82) is 0 Å². The second-order valence-electron chi connectivity index (χ2n) is 7.33. The highest BCUT2D eigenvalue weighted by Gasteiger charge is 2.30. The Bertz CT molecular complexity index is 1140. The van der Waals surface area contributed by atoms with E-state index < -0.39 is 0 Å². The summed E-state index contributed by atoms with van der Waals surface area (Å²) in [4.78, 5) is 24.9. The lowest BCUT2D eigenvalue weighted by molar-refractivity contribution is 0.0708. The number of carbonyl (C=O) groups excluding carboxylic acids is 1. The van der Waals surface area contributed by atoms with Crippen LogP contribution in [-0.2, 0) is 0 Å². The fourth-order valence-corrected chi connectivity index (χ4v) is 5.43. The third-order valence-electron chi connectivity index (χ3n) is 5.36. The molecule has 0 saturated carbocycles. The smallest absolute Gasteiger partial charge is 0.265 e. The average molecular weight is 437 g/mol. The molecular formula is C22H20N4O2S2. The van der Waals surface area contributed by atoms with Crippen LogP contribution in [0.2, 0.25) is 0 Å². The van der Waals surface area contributed by atoms with Crippen molar-refractivity contribution in [2.45, 2.75) is 25.7 Å². The van der Waals surface area contributed by atoms with Gasteiger partial charge >= 0.3 is 0 Å². The number of likely N-dealkylation sites (tertiary alicyclic amines) is 1. The minimum Gasteiger partial charge on any atom is -0.339 e. The second kappa shape index (κ2) is 8.12. The fraction of sp³-hybridized carbons (Fsp3) is 0.273. The van der Waals surface area contributed by atoms with Gasteiger partial charge in [-0.05, 0) is 31.2 Å². The molecule has 1 fully saturated rings. The van der Waals surface area contributed by atoms with Crippen LogP contribution < -0.4 is 0 Å². The molecule has 0 N–H and O–H groups in total. The van der Waals surface area contributed by atoms with Crippen LogP contribution in [0.25, 0.3) is 22.0 Å². The molecule has 4 heterocycles. The van der Waals surface area contributed by atoms with Gasteiger partial charge in [0.1, 0.15) is 9.88 Å². The molecule has 0 unspecified atom stereocenters. The van der Waals surface area contributed by atoms with Crippen LogP contribution in [0.1, 0.15) is 40.0 Å². The van der Waals surface area contributed by atoms with Crippen molar-refractivity contribution in [3.05, 3.63) is 63.6 Å². The maximum Gasteiger partial charge on any atom is 0.265 e. The quantitative estimate of drug-likeness (QED) is 0.437. The molecule has 6 nitrogen and oxygen atoms in total. The summed E-state index contributed by atoms with van der Waals surface area (Å²) < 4.78 is 5.53. The van der Waals surface area contributed by atoms with Gasteiger partial charge in [0, 0.05) is 35.5 Å². The van der Waals surface area contributed by atoms with Gasteiger partial charge in [-0.2, -0.15) is 16.3 Å². The predicted molar refractivity (Wildman–Crippen MR) is 118 cm³/mol. The fourth-order valence-electron chi connectivity index (χ4n) is 3.68. The minimum absolute atomic E-state index is 0.0698. The maximum atomic E-state index is 13.1. The number of amides is 1. The number of nitrogens with zero attached hydrogens (tertiary/aromatic N) is 4. The van der Waals surface area contributed by atoms with E-state index in [2.05, 4.69) is 20.5 Å². The van der Waals surface area contributed by atoms with E-state index >= 15 is 0 Å². The lowest BCUT2D eigenvalue weighted by atomic mass is 9.96. The Labute approximate surface area is 182 Å². The van der Waals surface area contributed by atoms with Gasteiger partial charge in [-0.3, -0.25) is 4.79 Å². The summed E-state index contributed by atoms with van der Waals surface area (Å²) in [5, 5.41) is 9.13. The van der Waals surface area contributed by atoms with E-state index in [1.807, 2.05) is 53.6 Å². The topological polar surface area (TPSA) is 72.1 Å². The number of hydrogen-bond acceptors (Lipinski definition) is 7. The summed E-state index contributed by atoms with van der Waals surface area (Å²) in [7, 11) is 0. The van der Waals surface area contributed by atoms with Crippen LogP contribution in [0.4, 0.5) is 0 Å². The minimum atomic E-state index is 0.0698. The van der Waals surface area contributed by atoms with Gasteiger partial charge < -0.3 is 9.42 Å². The Morgan fingerprint density at radius 3 is 2.63 bits per heavy atom. The normalized spacial score (nSPS) is 14.9. The molecule has 0 radical (unpaired) electrons. The standard InChI is InChI=1S/C22H20N4O2S2/c1-14-18(30-21(23-14)17-9-12-29-13-17)22(27)26-10-7-16(8-11-26)20-24-19(25-28-20)15-5-3-2-4-6-15/h2-6,9,12-13,16H,7-8,10-11H2,1H3. The Morgan fingerprint density at radius 1 is 1.10 bits per heavy atom. The molecule has 0 bridgehead atoms. The Balaban J connectivity index is 1.25. The molecular weight excluding hydrogens is 416 g/mol. The van der Waals surface area contributed by atoms with Gasteiger partial charge in [0.05, 0.1) is 5.69 Å². The average Bonchev–Trinajstić information content (AvgIpc) is 3.55. The molecule has 0 spiro atoms. The number of thiazole rings is 1. The van der Waals surface area contributed by atoms with Gasteiger partial charge in [0.15, 0.2) is 0 Å². The molecule has 0 aliphatic carbocycles. The lowest BCUT2D eigenvalue weighted by Crippen LogP contribution is -2.37. The number of thiophene rings is 1. The number of piperidine rings is 1. The van der Waals surface area contributed by atoms with Gasteiger partial charge in [-0.15, -0.1) is 11.3 Å². The molecule has 1 aliphatic heterocycles. The number of carbonyl (C=O) groups is 1. The zero-order valence-electron chi connectivity index (χ0n) is 16.4. The van der Waals surface area contributed by atoms with Crippen LogP contribution in [-0.4, -0.2) is 39.0 Å². The van der Waals surface area contributed by atoms with E-state index in [4.69, 9.17) is 4.52 Å². The largest absolute Gasteiger partial charge is 0.339 e. The number of aromatic nitrogens is 3. The first-order valence-corrected chi connectivity index (χ1v) is 11.6. The van der Waals surface area contributed by atoms with Crippen LogP contribution in [0, 0.1) is 6.92 Å². The SMILES string of the molecule is Cc1nc(-c2ccsc2)sc1C(=O)N1CCC(c2nc(-c3ccccc3)no2)CC1. The van der Waals surface area contributed by atoms with Gasteiger partial charge in [-0.25, -0.2) is 4.98 Å². The Kier molecular flexibility index (Phi) is 5.18. The second-order valence-corrected chi connectivity index (χ2v) is 9.11. The van der Waals surface area contributed by atoms with E-state index in [9.17, 15) is 4.79 Å². The molecule has 152 valence electrons. The first-order chi connectivity index (χ1) is 14.7. The van der Waals surface area contributed by atoms with E-state index in [0.29, 0.717) is 24.8 Å². The zero-order valence-corrected chi connectivity index (χ0v) is 18.1. The van der Waals surface area contributed by atoms with Crippen LogP contribution in [0.5, 0.6) is 0 Å². The highest BCUT2D eigenvalue weighted by Crippen LogP contribution is 2.33.